The van der Waals surface area contributed by atoms with E-state index < -0.39 is 0 Å². The Bertz CT molecular complexity index is 181. The third kappa shape index (κ3) is 3.51. The average molecular weight is 167 g/mol. The molecule has 1 heteroatoms. The van der Waals surface area contributed by atoms with Gasteiger partial charge in [0.05, 0.1) is 0 Å². The molecule has 0 spiro atoms. The predicted molar refractivity (Wildman–Crippen MR) is 56.4 cm³/mol. The molecule has 0 saturated heterocycles. The van der Waals surface area contributed by atoms with Crippen LogP contribution in [0.2, 0.25) is 0 Å². The van der Waals surface area contributed by atoms with Crippen LogP contribution < -0.4 is 0 Å². The highest BCUT2D eigenvalue weighted by atomic mass is 14.7. The van der Waals surface area contributed by atoms with Crippen LogP contribution in [-0.2, 0) is 0 Å². The first kappa shape index (κ1) is 13.7. The highest BCUT2D eigenvalue weighted by molar-refractivity contribution is 5.07. The van der Waals surface area contributed by atoms with E-state index in [4.69, 9.17) is 0 Å². The topological polar surface area (TPSA) is 12.9 Å². The van der Waals surface area contributed by atoms with Gasteiger partial charge in [-0.05, 0) is 24.5 Å². The Morgan fingerprint density at radius 2 is 2.00 bits per heavy atom. The van der Waals surface area contributed by atoms with Crippen molar-refractivity contribution in [3.63, 3.8) is 0 Å². The first-order valence-electron chi connectivity index (χ1n) is 3.75. The van der Waals surface area contributed by atoms with E-state index in [1.165, 1.54) is 5.69 Å². The maximum absolute atomic E-state index is 4.25. The number of nitrogens with zero attached hydrogens (tertiary/aromatic N) is 1. The van der Waals surface area contributed by atoms with Crippen molar-refractivity contribution < 1.29 is 0 Å². The van der Waals surface area contributed by atoms with Gasteiger partial charge in [0, 0.05) is 11.9 Å². The van der Waals surface area contributed by atoms with Gasteiger partial charge in [0.25, 0.3) is 0 Å². The zero-order valence-corrected chi connectivity index (χ0v) is 6.54. The van der Waals surface area contributed by atoms with Gasteiger partial charge in [-0.25, -0.2) is 0 Å². The molecule has 1 aromatic rings. The second-order valence-electron chi connectivity index (χ2n) is 2.56. The van der Waals surface area contributed by atoms with Crippen molar-refractivity contribution in [1.29, 1.82) is 0 Å². The molecule has 1 heterocycles. The molecule has 0 fully saturated rings. The van der Waals surface area contributed by atoms with E-state index in [0.717, 1.165) is 6.42 Å². The lowest BCUT2D eigenvalue weighted by Gasteiger charge is -2.05. The molecule has 1 unspecified atom stereocenters. The molecule has 1 atom stereocenters. The molecule has 0 N–H and O–H groups in total. The number of pyridine rings is 1. The SMILES string of the molecule is C.C.CCC(C)c1ccccn1. The fourth-order valence-electron chi connectivity index (χ4n) is 0.877. The van der Waals surface area contributed by atoms with Gasteiger partial charge in [0.2, 0.25) is 0 Å². The van der Waals surface area contributed by atoms with Crippen LogP contribution in [-0.4, -0.2) is 4.98 Å². The highest BCUT2D eigenvalue weighted by Gasteiger charge is 2.00. The van der Waals surface area contributed by atoms with Crippen molar-refractivity contribution in [2.24, 2.45) is 0 Å². The van der Waals surface area contributed by atoms with E-state index >= 15 is 0 Å². The fraction of sp³-hybridized carbons (Fsp3) is 0.545. The fourth-order valence-corrected chi connectivity index (χ4v) is 0.877. The summed E-state index contributed by atoms with van der Waals surface area (Å²) in [6.07, 6.45) is 3.01. The van der Waals surface area contributed by atoms with Gasteiger partial charge in [0.15, 0.2) is 0 Å². The summed E-state index contributed by atoms with van der Waals surface area (Å²) < 4.78 is 0. The van der Waals surface area contributed by atoms with Gasteiger partial charge in [-0.1, -0.05) is 34.8 Å². The molecular weight excluding hydrogens is 146 g/mol. The summed E-state index contributed by atoms with van der Waals surface area (Å²) >= 11 is 0. The summed E-state index contributed by atoms with van der Waals surface area (Å²) in [6.45, 7) is 4.38. The van der Waals surface area contributed by atoms with Crippen LogP contribution in [0.25, 0.3) is 0 Å². The number of aromatic nitrogens is 1. The largest absolute Gasteiger partial charge is 0.261 e. The molecule has 1 nitrogen and oxygen atoms in total. The van der Waals surface area contributed by atoms with Crippen molar-refractivity contribution >= 4 is 0 Å². The number of hydrogen-bond acceptors (Lipinski definition) is 1. The lowest BCUT2D eigenvalue weighted by Crippen LogP contribution is -1.93. The summed E-state index contributed by atoms with van der Waals surface area (Å²) in [4.78, 5) is 4.25. The van der Waals surface area contributed by atoms with Gasteiger partial charge in [-0.3, -0.25) is 4.98 Å². The Kier molecular flexibility index (Phi) is 7.82. The van der Waals surface area contributed by atoms with Crippen molar-refractivity contribution in [2.75, 3.05) is 0 Å². The molecule has 0 aromatic carbocycles. The Morgan fingerprint density at radius 1 is 1.33 bits per heavy atom. The molecule has 1 aromatic heterocycles. The average Bonchev–Trinajstić information content (AvgIpc) is 2.05. The first-order valence-corrected chi connectivity index (χ1v) is 3.75. The van der Waals surface area contributed by atoms with Gasteiger partial charge >= 0.3 is 0 Å². The van der Waals surface area contributed by atoms with E-state index in [9.17, 15) is 0 Å². The van der Waals surface area contributed by atoms with Crippen LogP contribution in [0.5, 0.6) is 0 Å². The van der Waals surface area contributed by atoms with Crippen LogP contribution in [0, 0.1) is 0 Å². The van der Waals surface area contributed by atoms with Gasteiger partial charge in [0.1, 0.15) is 0 Å². The van der Waals surface area contributed by atoms with Gasteiger partial charge < -0.3 is 0 Å². The Balaban J connectivity index is 0. The van der Waals surface area contributed by atoms with Crippen molar-refractivity contribution in [3.8, 4) is 0 Å². The minimum absolute atomic E-state index is 0. The zero-order chi connectivity index (χ0) is 7.40. The Morgan fingerprint density at radius 3 is 2.42 bits per heavy atom. The Labute approximate surface area is 76.9 Å². The van der Waals surface area contributed by atoms with Crippen molar-refractivity contribution in [3.05, 3.63) is 30.1 Å². The van der Waals surface area contributed by atoms with E-state index in [0.29, 0.717) is 5.92 Å². The van der Waals surface area contributed by atoms with Gasteiger partial charge in [-0.2, -0.15) is 0 Å². The molecule has 0 saturated carbocycles. The molecular formula is C11H21N. The lowest BCUT2D eigenvalue weighted by molar-refractivity contribution is 0.708. The third-order valence-electron chi connectivity index (χ3n) is 1.81. The lowest BCUT2D eigenvalue weighted by atomic mass is 10.1. The van der Waals surface area contributed by atoms with Crippen molar-refractivity contribution in [2.45, 2.75) is 41.0 Å². The smallest absolute Gasteiger partial charge is 0.0431 e. The second-order valence-corrected chi connectivity index (χ2v) is 2.56. The Hall–Kier alpha value is -0.850. The standard InChI is InChI=1S/C9H13N.2CH4/c1-3-8(2)9-6-4-5-7-10-9;;/h4-8H,3H2,1-2H3;2*1H4. The summed E-state index contributed by atoms with van der Waals surface area (Å²) in [7, 11) is 0. The second kappa shape index (κ2) is 6.84. The third-order valence-corrected chi connectivity index (χ3v) is 1.81. The van der Waals surface area contributed by atoms with Crippen LogP contribution in [0.4, 0.5) is 0 Å². The summed E-state index contributed by atoms with van der Waals surface area (Å²) in [5, 5.41) is 0. The molecule has 12 heavy (non-hydrogen) atoms. The van der Waals surface area contributed by atoms with Crippen LogP contribution >= 0.6 is 0 Å². The van der Waals surface area contributed by atoms with Crippen LogP contribution in [0.1, 0.15) is 46.7 Å². The molecule has 1 rings (SSSR count). The van der Waals surface area contributed by atoms with Crippen molar-refractivity contribution in [1.82, 2.24) is 4.98 Å². The molecule has 0 aliphatic carbocycles. The normalized spacial score (nSPS) is 10.8. The monoisotopic (exact) mass is 167 g/mol. The van der Waals surface area contributed by atoms with Crippen LogP contribution in [0.3, 0.4) is 0 Å². The highest BCUT2D eigenvalue weighted by Crippen LogP contribution is 2.14. The summed E-state index contributed by atoms with van der Waals surface area (Å²) in [6, 6.07) is 6.06. The predicted octanol–water partition coefficient (Wildman–Crippen LogP) is 3.87. The van der Waals surface area contributed by atoms with Crippen LogP contribution in [0.15, 0.2) is 24.4 Å². The molecule has 0 amide bonds. The van der Waals surface area contributed by atoms with E-state index in [1.807, 2.05) is 18.3 Å². The number of rotatable bonds is 2. The van der Waals surface area contributed by atoms with Gasteiger partial charge in [-0.15, -0.1) is 0 Å². The number of hydrogen-bond donors (Lipinski definition) is 0. The minimum atomic E-state index is 0. The van der Waals surface area contributed by atoms with E-state index in [1.54, 1.807) is 0 Å². The first-order chi connectivity index (χ1) is 4.84. The molecule has 0 aliphatic rings. The van der Waals surface area contributed by atoms with E-state index in [2.05, 4.69) is 24.9 Å². The molecule has 0 aliphatic heterocycles. The summed E-state index contributed by atoms with van der Waals surface area (Å²) in [5.74, 6) is 0.598. The summed E-state index contributed by atoms with van der Waals surface area (Å²) in [5.41, 5.74) is 1.20. The minimum Gasteiger partial charge on any atom is -0.261 e. The quantitative estimate of drug-likeness (QED) is 0.651. The maximum Gasteiger partial charge on any atom is 0.0431 e. The molecule has 70 valence electrons. The maximum atomic E-state index is 4.25. The molecule has 0 bridgehead atoms. The van der Waals surface area contributed by atoms with E-state index in [-0.39, 0.29) is 14.9 Å². The zero-order valence-electron chi connectivity index (χ0n) is 6.54. The molecule has 0 radical (unpaired) electrons.